The summed E-state index contributed by atoms with van der Waals surface area (Å²) in [5.74, 6) is -0.312. The van der Waals surface area contributed by atoms with E-state index in [2.05, 4.69) is 16.8 Å². The van der Waals surface area contributed by atoms with Gasteiger partial charge in [-0.25, -0.2) is 4.79 Å². The number of amides is 1. The van der Waals surface area contributed by atoms with E-state index < -0.39 is 11.2 Å². The molecular formula is C12H18N4O3. The van der Waals surface area contributed by atoms with Crippen molar-refractivity contribution in [2.24, 2.45) is 7.05 Å². The van der Waals surface area contributed by atoms with Gasteiger partial charge < -0.3 is 14.8 Å². The zero-order valence-corrected chi connectivity index (χ0v) is 11.2. The second-order valence-corrected chi connectivity index (χ2v) is 4.60. The van der Waals surface area contributed by atoms with Crippen LogP contribution in [0.2, 0.25) is 0 Å². The average molecular weight is 266 g/mol. The van der Waals surface area contributed by atoms with Crippen molar-refractivity contribution >= 4 is 5.91 Å². The van der Waals surface area contributed by atoms with Crippen LogP contribution in [0.25, 0.3) is 0 Å². The number of likely N-dealkylation sites (N-methyl/N-ethyl adjacent to an activating group) is 1. The Labute approximate surface area is 110 Å². The summed E-state index contributed by atoms with van der Waals surface area (Å²) in [6, 6.07) is 0. The molecule has 1 fully saturated rings. The molecule has 7 nitrogen and oxygen atoms in total. The molecule has 1 aliphatic rings. The highest BCUT2D eigenvalue weighted by Gasteiger charge is 2.23. The molecule has 0 radical (unpaired) electrons. The van der Waals surface area contributed by atoms with Crippen LogP contribution in [0.1, 0.15) is 17.3 Å². The van der Waals surface area contributed by atoms with Gasteiger partial charge in [-0.05, 0) is 6.54 Å². The quantitative estimate of drug-likeness (QED) is 0.733. The Hall–Kier alpha value is -1.89. The minimum Gasteiger partial charge on any atom is -0.336 e. The maximum absolute atomic E-state index is 12.3. The van der Waals surface area contributed by atoms with Crippen molar-refractivity contribution in [2.75, 3.05) is 32.7 Å². The topological polar surface area (TPSA) is 78.4 Å². The minimum absolute atomic E-state index is 0.0204. The first-order valence-corrected chi connectivity index (χ1v) is 6.35. The summed E-state index contributed by atoms with van der Waals surface area (Å²) in [5, 5.41) is 0. The van der Waals surface area contributed by atoms with Crippen LogP contribution in [0, 0.1) is 0 Å². The fraction of sp³-hybridized carbons (Fsp3) is 0.583. The summed E-state index contributed by atoms with van der Waals surface area (Å²) < 4.78 is 0.912. The molecule has 104 valence electrons. The third-order valence-electron chi connectivity index (χ3n) is 3.52. The summed E-state index contributed by atoms with van der Waals surface area (Å²) in [7, 11) is 1.35. The summed E-state index contributed by atoms with van der Waals surface area (Å²) >= 11 is 0. The van der Waals surface area contributed by atoms with Gasteiger partial charge in [0.15, 0.2) is 0 Å². The van der Waals surface area contributed by atoms with Gasteiger partial charge in [0.05, 0.1) is 0 Å². The van der Waals surface area contributed by atoms with Gasteiger partial charge in [-0.1, -0.05) is 6.92 Å². The van der Waals surface area contributed by atoms with Gasteiger partial charge in [0.2, 0.25) is 0 Å². The smallest absolute Gasteiger partial charge is 0.328 e. The number of hydrogen-bond acceptors (Lipinski definition) is 4. The van der Waals surface area contributed by atoms with Gasteiger partial charge in [0.25, 0.3) is 11.5 Å². The maximum Gasteiger partial charge on any atom is 0.328 e. The van der Waals surface area contributed by atoms with Crippen LogP contribution in [0.5, 0.6) is 0 Å². The molecule has 1 aliphatic heterocycles. The van der Waals surface area contributed by atoms with Crippen molar-refractivity contribution in [3.8, 4) is 0 Å². The number of carbonyl (C=O) groups excluding carboxylic acids is 1. The Morgan fingerprint density at radius 2 is 1.89 bits per heavy atom. The second kappa shape index (κ2) is 5.40. The lowest BCUT2D eigenvalue weighted by atomic mass is 10.2. The van der Waals surface area contributed by atoms with E-state index in [9.17, 15) is 14.4 Å². The number of nitrogens with one attached hydrogen (secondary N) is 1. The summed E-state index contributed by atoms with van der Waals surface area (Å²) in [6.07, 6.45) is 1.21. The van der Waals surface area contributed by atoms with Crippen LogP contribution in [0.4, 0.5) is 0 Å². The predicted octanol–water partition coefficient (Wildman–Crippen LogP) is -1.15. The standard InChI is InChI=1S/C12H18N4O3/c1-3-15-4-6-16(7-5-15)11(18)9-8-13-12(19)14(2)10(9)17/h8H,3-7H2,1-2H3,(H,13,19). The Balaban J connectivity index is 2.20. The molecule has 7 heteroatoms. The summed E-state index contributed by atoms with van der Waals surface area (Å²) in [5.41, 5.74) is -1.05. The molecule has 0 spiro atoms. The van der Waals surface area contributed by atoms with E-state index in [0.717, 1.165) is 24.2 Å². The zero-order valence-electron chi connectivity index (χ0n) is 11.2. The fourth-order valence-corrected chi connectivity index (χ4v) is 2.16. The lowest BCUT2D eigenvalue weighted by Gasteiger charge is -2.33. The number of aromatic amines is 1. The van der Waals surface area contributed by atoms with Crippen LogP contribution in [0.15, 0.2) is 15.8 Å². The summed E-state index contributed by atoms with van der Waals surface area (Å²) in [4.78, 5) is 41.7. The SMILES string of the molecule is CCN1CCN(C(=O)c2c[nH]c(=O)n(C)c2=O)CC1. The molecule has 0 aromatic carbocycles. The Kier molecular flexibility index (Phi) is 3.84. The number of carbonyl (C=O) groups is 1. The molecule has 0 bridgehead atoms. The Morgan fingerprint density at radius 3 is 2.47 bits per heavy atom. The lowest BCUT2D eigenvalue weighted by Crippen LogP contribution is -2.50. The molecule has 2 rings (SSSR count). The second-order valence-electron chi connectivity index (χ2n) is 4.60. The predicted molar refractivity (Wildman–Crippen MR) is 70.3 cm³/mol. The van der Waals surface area contributed by atoms with Crippen LogP contribution in [0.3, 0.4) is 0 Å². The van der Waals surface area contributed by atoms with E-state index >= 15 is 0 Å². The molecule has 0 unspecified atom stereocenters. The Morgan fingerprint density at radius 1 is 1.26 bits per heavy atom. The molecule has 19 heavy (non-hydrogen) atoms. The van der Waals surface area contributed by atoms with Gasteiger partial charge in [-0.15, -0.1) is 0 Å². The molecular weight excluding hydrogens is 248 g/mol. The van der Waals surface area contributed by atoms with Crippen molar-refractivity contribution in [1.82, 2.24) is 19.4 Å². The highest BCUT2D eigenvalue weighted by Crippen LogP contribution is 2.04. The van der Waals surface area contributed by atoms with Crippen molar-refractivity contribution in [3.05, 3.63) is 32.6 Å². The Bertz CT molecular complexity index is 581. The normalized spacial score (nSPS) is 16.6. The first-order valence-electron chi connectivity index (χ1n) is 6.35. The largest absolute Gasteiger partial charge is 0.336 e. The molecule has 1 aromatic heterocycles. The van der Waals surface area contributed by atoms with Crippen molar-refractivity contribution in [1.29, 1.82) is 0 Å². The van der Waals surface area contributed by atoms with Gasteiger partial charge in [0, 0.05) is 39.4 Å². The first-order chi connectivity index (χ1) is 9.04. The monoisotopic (exact) mass is 266 g/mol. The van der Waals surface area contributed by atoms with Crippen molar-refractivity contribution < 1.29 is 4.79 Å². The first kappa shape index (κ1) is 13.5. The fourth-order valence-electron chi connectivity index (χ4n) is 2.16. The van der Waals surface area contributed by atoms with Gasteiger partial charge in [-0.2, -0.15) is 0 Å². The highest BCUT2D eigenvalue weighted by atomic mass is 16.2. The van der Waals surface area contributed by atoms with E-state index in [0.29, 0.717) is 13.1 Å². The third-order valence-corrected chi connectivity index (χ3v) is 3.52. The van der Waals surface area contributed by atoms with Gasteiger partial charge in [-0.3, -0.25) is 14.2 Å². The molecule has 1 N–H and O–H groups in total. The molecule has 1 amide bonds. The third kappa shape index (κ3) is 2.60. The van der Waals surface area contributed by atoms with Crippen molar-refractivity contribution in [2.45, 2.75) is 6.92 Å². The van der Waals surface area contributed by atoms with Gasteiger partial charge >= 0.3 is 5.69 Å². The molecule has 0 atom stereocenters. The van der Waals surface area contributed by atoms with Crippen LogP contribution < -0.4 is 11.2 Å². The zero-order chi connectivity index (χ0) is 14.0. The number of rotatable bonds is 2. The van der Waals surface area contributed by atoms with Gasteiger partial charge in [0.1, 0.15) is 5.56 Å². The van der Waals surface area contributed by atoms with E-state index in [-0.39, 0.29) is 11.5 Å². The number of hydrogen-bond donors (Lipinski definition) is 1. The highest BCUT2D eigenvalue weighted by molar-refractivity contribution is 5.93. The van der Waals surface area contributed by atoms with Crippen LogP contribution >= 0.6 is 0 Å². The van der Waals surface area contributed by atoms with Crippen molar-refractivity contribution in [3.63, 3.8) is 0 Å². The molecule has 0 saturated carbocycles. The van der Waals surface area contributed by atoms with E-state index in [1.807, 2.05) is 0 Å². The number of nitrogens with zero attached hydrogens (tertiary/aromatic N) is 3. The molecule has 1 aromatic rings. The molecule has 2 heterocycles. The van der Waals surface area contributed by atoms with Crippen LogP contribution in [-0.2, 0) is 7.05 Å². The van der Waals surface area contributed by atoms with E-state index in [1.165, 1.54) is 13.2 Å². The lowest BCUT2D eigenvalue weighted by molar-refractivity contribution is 0.0640. The van der Waals surface area contributed by atoms with E-state index in [4.69, 9.17) is 0 Å². The van der Waals surface area contributed by atoms with E-state index in [1.54, 1.807) is 4.90 Å². The molecule has 0 aliphatic carbocycles. The number of piperazine rings is 1. The minimum atomic E-state index is -0.549. The number of H-pyrrole nitrogens is 1. The average Bonchev–Trinajstić information content (AvgIpc) is 2.44. The maximum atomic E-state index is 12.3. The molecule has 1 saturated heterocycles. The number of aromatic nitrogens is 2. The summed E-state index contributed by atoms with van der Waals surface area (Å²) in [6.45, 7) is 5.87. The van der Waals surface area contributed by atoms with Crippen LogP contribution in [-0.4, -0.2) is 58.0 Å².